The van der Waals surface area contributed by atoms with E-state index in [9.17, 15) is 23.4 Å². The maximum absolute atomic E-state index is 13.0. The number of likely N-dealkylation sites (N-methyl/N-ethyl adjacent to an activating group) is 2. The highest BCUT2D eigenvalue weighted by molar-refractivity contribution is 7.84. The number of nitrogen functional groups attached to an aromatic ring is 1. The zero-order valence-corrected chi connectivity index (χ0v) is 48.4. The Morgan fingerprint density at radius 1 is 0.628 bits per heavy atom. The van der Waals surface area contributed by atoms with Crippen molar-refractivity contribution in [2.24, 2.45) is 11.8 Å². The fraction of sp³-hybridized carbons (Fsp3) is 0.500. The molecular formula is C56H78N14O5S3. The second-order valence-corrected chi connectivity index (χ2v) is 23.8. The van der Waals surface area contributed by atoms with Crippen LogP contribution in [-0.2, 0) is 21.9 Å². The molecule has 4 bridgehead atoms. The average Bonchev–Trinajstić information content (AvgIpc) is 4.33. The van der Waals surface area contributed by atoms with E-state index in [1.807, 2.05) is 46.2 Å². The number of aromatic nitrogens is 6. The van der Waals surface area contributed by atoms with E-state index in [0.29, 0.717) is 45.8 Å². The lowest BCUT2D eigenvalue weighted by atomic mass is 9.49. The van der Waals surface area contributed by atoms with Gasteiger partial charge in [0, 0.05) is 129 Å². The van der Waals surface area contributed by atoms with E-state index in [1.54, 1.807) is 80.9 Å². The molecule has 14 rings (SSSR count). The first-order chi connectivity index (χ1) is 35.7. The number of benzene rings is 2. The molecule has 8 fully saturated rings. The van der Waals surface area contributed by atoms with Gasteiger partial charge in [0.15, 0.2) is 0 Å². The van der Waals surface area contributed by atoms with Gasteiger partial charge < -0.3 is 49.6 Å². The van der Waals surface area contributed by atoms with Crippen molar-refractivity contribution in [3.05, 3.63) is 95.6 Å². The minimum Gasteiger partial charge on any atom is -0.399 e. The quantitative estimate of drug-likeness (QED) is 0.106. The molecule has 6 heterocycles. The summed E-state index contributed by atoms with van der Waals surface area (Å²) < 4.78 is 15.9. The van der Waals surface area contributed by atoms with Gasteiger partial charge in [-0.15, -0.1) is 0 Å². The lowest BCUT2D eigenvalue weighted by Gasteiger charge is -2.62. The highest BCUT2D eigenvalue weighted by atomic mass is 32.2. The average molecular weight is 1120 g/mol. The summed E-state index contributed by atoms with van der Waals surface area (Å²) in [4.78, 5) is 80.0. The molecule has 3 atom stereocenters. The molecule has 0 spiro atoms. The molecule has 2 aromatic carbocycles. The van der Waals surface area contributed by atoms with Gasteiger partial charge in [-0.05, 0) is 152 Å². The molecule has 6 aliphatic carbocycles. The predicted molar refractivity (Wildman–Crippen MR) is 318 cm³/mol. The minimum absolute atomic E-state index is 0. The van der Waals surface area contributed by atoms with Crippen LogP contribution in [0.5, 0.6) is 0 Å². The number of carbonyl (C=O) groups is 4. The molecule has 6 aromatic rings. The largest absolute Gasteiger partial charge is 0.399 e. The summed E-state index contributed by atoms with van der Waals surface area (Å²) in [6, 6.07) is 19.3. The van der Waals surface area contributed by atoms with Crippen molar-refractivity contribution in [3.8, 4) is 0 Å². The van der Waals surface area contributed by atoms with Crippen LogP contribution >= 0.6 is 27.0 Å². The number of hydrogen-bond acceptors (Lipinski definition) is 13. The summed E-state index contributed by atoms with van der Waals surface area (Å²) in [5.41, 5.74) is 11.4. The smallest absolute Gasteiger partial charge is 0.270 e. The predicted octanol–water partition coefficient (Wildman–Crippen LogP) is 6.45. The molecule has 420 valence electrons. The van der Waals surface area contributed by atoms with E-state index in [4.69, 9.17) is 10.7 Å². The first-order valence-corrected chi connectivity index (χ1v) is 27.5. The number of likely N-dealkylation sites (tertiary alicyclic amines) is 2. The first-order valence-electron chi connectivity index (χ1n) is 25.9. The van der Waals surface area contributed by atoms with Crippen LogP contribution in [0, 0.1) is 11.8 Å². The van der Waals surface area contributed by atoms with Gasteiger partial charge in [0.05, 0.1) is 10.8 Å². The van der Waals surface area contributed by atoms with Gasteiger partial charge in [-0.3, -0.25) is 23.4 Å². The SMILES string of the molecule is C.CN(C)C(=O)c1cc2cnc(Nc3ccc(C(=O)N4CC[C@H](N(C)C)C4)cc3)nc2n1C12CC(C1)C2.CN(C)C(=O)c1cc2cnc(S(C)=O)nc2n1C12CC(C1)C2.CN(C)[C@H]1CCN(C(=O)c2ccc(N)cc2)C1.S.S. The van der Waals surface area contributed by atoms with E-state index in [1.165, 1.54) is 0 Å². The Balaban J connectivity index is 0.000000180. The Kier molecular flexibility index (Phi) is 17.8. The van der Waals surface area contributed by atoms with Gasteiger partial charge in [0.2, 0.25) is 11.1 Å². The van der Waals surface area contributed by atoms with E-state index >= 15 is 0 Å². The van der Waals surface area contributed by atoms with E-state index in [-0.39, 0.29) is 69.1 Å². The molecule has 1 unspecified atom stereocenters. The zero-order valence-electron chi connectivity index (χ0n) is 45.6. The highest BCUT2D eigenvalue weighted by Crippen LogP contribution is 2.64. The topological polar surface area (TPSA) is 204 Å². The maximum Gasteiger partial charge on any atom is 0.270 e. The van der Waals surface area contributed by atoms with Crippen molar-refractivity contribution in [3.63, 3.8) is 0 Å². The standard InChI is InChI=1S/C27H33N7O2.C15H18N4O2S.C13H19N3O.CH4.2H2S/c1-31(2)21-9-10-33(16-21)24(35)18-5-7-20(8-6-18)29-26-28-15-19-11-22(25(36)32(3)4)34(23(19)30-26)27-12-17(13-27)14-27;1-18(2)13(20)11-4-10-8-16-14(22(3)21)17-12(10)19(11)15-5-9(6-15)7-15;1-15(2)12-7-8-16(9-12)13(17)10-3-5-11(14)6-4-10;;;/h5-8,11,15,17,21H,9-10,12-14,16H2,1-4H3,(H,28,29,30);4,8-9H,5-7H2,1-3H3;3-6,12H,7-9,14H2,1-2H3;1H4;2*1H2/t17?,21-,27?;;12-;;;/m0.0.../s1. The van der Waals surface area contributed by atoms with Crippen LogP contribution in [0.15, 0.2) is 78.2 Å². The summed E-state index contributed by atoms with van der Waals surface area (Å²) in [6.07, 6.45) is 13.7. The second kappa shape index (κ2) is 23.3. The van der Waals surface area contributed by atoms with Crippen LogP contribution in [0.25, 0.3) is 22.1 Å². The third kappa shape index (κ3) is 11.2. The van der Waals surface area contributed by atoms with Crippen molar-refractivity contribution < 1.29 is 23.4 Å². The monoisotopic (exact) mass is 1120 g/mol. The molecule has 19 nitrogen and oxygen atoms in total. The highest BCUT2D eigenvalue weighted by Gasteiger charge is 2.60. The third-order valence-electron chi connectivity index (χ3n) is 16.4. The van der Waals surface area contributed by atoms with Gasteiger partial charge in [-0.25, -0.2) is 15.0 Å². The Hall–Kier alpha value is -6.07. The number of fused-ring (bicyclic) bond motifs is 2. The fourth-order valence-corrected chi connectivity index (χ4v) is 12.2. The number of carbonyl (C=O) groups excluding carboxylic acids is 4. The molecule has 22 heteroatoms. The molecule has 8 aliphatic rings. The minimum atomic E-state index is -1.23. The van der Waals surface area contributed by atoms with Gasteiger partial charge in [0.25, 0.3) is 23.6 Å². The molecule has 2 aliphatic heterocycles. The summed E-state index contributed by atoms with van der Waals surface area (Å²) >= 11 is 0. The maximum atomic E-state index is 13.0. The van der Waals surface area contributed by atoms with Crippen molar-refractivity contribution in [2.45, 2.75) is 87.1 Å². The van der Waals surface area contributed by atoms with Crippen LogP contribution in [0.1, 0.15) is 100 Å². The van der Waals surface area contributed by atoms with Gasteiger partial charge in [0.1, 0.15) is 22.7 Å². The summed E-state index contributed by atoms with van der Waals surface area (Å²) in [6.45, 7) is 3.21. The summed E-state index contributed by atoms with van der Waals surface area (Å²) in [5, 5.41) is 5.31. The molecule has 6 saturated carbocycles. The Morgan fingerprint density at radius 3 is 1.41 bits per heavy atom. The number of amides is 4. The fourth-order valence-electron chi connectivity index (χ4n) is 11.8. The molecule has 4 amide bonds. The Labute approximate surface area is 474 Å². The second-order valence-electron chi connectivity index (χ2n) is 22.5. The number of rotatable bonds is 11. The van der Waals surface area contributed by atoms with Crippen molar-refractivity contribution >= 4 is 101 Å². The zero-order chi connectivity index (χ0) is 53.2. The van der Waals surface area contributed by atoms with Crippen LogP contribution in [0.3, 0.4) is 0 Å². The van der Waals surface area contributed by atoms with Crippen molar-refractivity contribution in [2.75, 3.05) is 99.9 Å². The van der Waals surface area contributed by atoms with Gasteiger partial charge >= 0.3 is 0 Å². The number of anilines is 3. The number of nitrogens with one attached hydrogen (secondary N) is 1. The van der Waals surface area contributed by atoms with Crippen LogP contribution in [0.2, 0.25) is 0 Å². The lowest BCUT2D eigenvalue weighted by Crippen LogP contribution is -2.60. The molecule has 78 heavy (non-hydrogen) atoms. The van der Waals surface area contributed by atoms with Crippen LogP contribution < -0.4 is 11.1 Å². The van der Waals surface area contributed by atoms with Gasteiger partial charge in [-0.1, -0.05) is 7.43 Å². The van der Waals surface area contributed by atoms with E-state index in [0.717, 1.165) is 123 Å². The Morgan fingerprint density at radius 2 is 1.04 bits per heavy atom. The number of hydrogen-bond donors (Lipinski definition) is 2. The normalized spacial score (nSPS) is 23.3. The lowest BCUT2D eigenvalue weighted by molar-refractivity contribution is -0.0871. The molecular weight excluding hydrogens is 1040 g/mol. The van der Waals surface area contributed by atoms with Gasteiger partial charge in [-0.2, -0.15) is 32.0 Å². The molecule has 4 aromatic heterocycles. The van der Waals surface area contributed by atoms with Crippen LogP contribution in [0.4, 0.5) is 17.3 Å². The number of nitrogens with zero attached hydrogens (tertiary/aromatic N) is 12. The van der Waals surface area contributed by atoms with Crippen molar-refractivity contribution in [1.29, 1.82) is 0 Å². The van der Waals surface area contributed by atoms with Crippen molar-refractivity contribution in [1.82, 2.24) is 58.5 Å². The molecule has 2 saturated heterocycles. The first kappa shape index (κ1) is 59.6. The van der Waals surface area contributed by atoms with E-state index < -0.39 is 10.8 Å². The third-order valence-corrected chi connectivity index (χ3v) is 17.1. The summed E-state index contributed by atoms with van der Waals surface area (Å²) in [7, 11) is 14.1. The summed E-state index contributed by atoms with van der Waals surface area (Å²) in [5.74, 6) is 2.18. The molecule has 0 radical (unpaired) electrons. The molecule has 3 N–H and O–H groups in total. The number of nitrogens with two attached hydrogens (primary N) is 1. The van der Waals surface area contributed by atoms with E-state index in [2.05, 4.69) is 67.4 Å². The van der Waals surface area contributed by atoms with Crippen LogP contribution in [-0.4, -0.2) is 187 Å². The Bertz CT molecular complexity index is 3180.